The fraction of sp³-hybridized carbons (Fsp3) is 0.200. The van der Waals surface area contributed by atoms with Crippen LogP contribution in [-0.4, -0.2) is 53.9 Å². The third-order valence-electron chi connectivity index (χ3n) is 5.77. The Hall–Kier alpha value is -3.29. The molecule has 8 heteroatoms. The van der Waals surface area contributed by atoms with Crippen LogP contribution in [0.5, 0.6) is 5.75 Å². The summed E-state index contributed by atoms with van der Waals surface area (Å²) in [6, 6.07) is 21.2. The first-order valence-electron chi connectivity index (χ1n) is 10.7. The van der Waals surface area contributed by atoms with Gasteiger partial charge in [-0.05, 0) is 53.9 Å². The molecule has 2 aromatic carbocycles. The molecule has 0 radical (unpaired) electrons. The van der Waals surface area contributed by atoms with Crippen molar-refractivity contribution in [3.05, 3.63) is 82.8 Å². The van der Waals surface area contributed by atoms with Crippen LogP contribution in [0, 0.1) is 0 Å². The van der Waals surface area contributed by atoms with E-state index in [1.54, 1.807) is 23.1 Å². The summed E-state index contributed by atoms with van der Waals surface area (Å²) in [6.07, 6.45) is 0. The number of anilines is 1. The number of hydrogen-bond acceptors (Lipinski definition) is 5. The average Bonchev–Trinajstić information content (AvgIpc) is 3.55. The third-order valence-corrected chi connectivity index (χ3v) is 6.91. The van der Waals surface area contributed by atoms with Crippen LogP contribution in [0.3, 0.4) is 0 Å². The fourth-order valence-corrected chi connectivity index (χ4v) is 4.87. The number of aromatic nitrogens is 2. The molecule has 0 unspecified atom stereocenters. The molecule has 4 aromatic rings. The predicted molar refractivity (Wildman–Crippen MR) is 133 cm³/mol. The highest BCUT2D eigenvalue weighted by Crippen LogP contribution is 2.30. The van der Waals surface area contributed by atoms with Gasteiger partial charge in [0.05, 0.1) is 23.4 Å². The van der Waals surface area contributed by atoms with Gasteiger partial charge in [-0.1, -0.05) is 29.8 Å². The monoisotopic (exact) mass is 478 g/mol. The number of piperazine rings is 1. The van der Waals surface area contributed by atoms with Gasteiger partial charge in [-0.25, -0.2) is 4.68 Å². The Morgan fingerprint density at radius 3 is 2.45 bits per heavy atom. The molecular formula is C25H23ClN4O2S. The van der Waals surface area contributed by atoms with Gasteiger partial charge in [0.1, 0.15) is 17.1 Å². The molecular weight excluding hydrogens is 456 g/mol. The van der Waals surface area contributed by atoms with Crippen LogP contribution in [0.25, 0.3) is 16.3 Å². The van der Waals surface area contributed by atoms with Gasteiger partial charge in [0, 0.05) is 31.2 Å². The van der Waals surface area contributed by atoms with E-state index < -0.39 is 0 Å². The Kier molecular flexibility index (Phi) is 6.07. The van der Waals surface area contributed by atoms with Gasteiger partial charge in [0.25, 0.3) is 5.91 Å². The summed E-state index contributed by atoms with van der Waals surface area (Å²) >= 11 is 7.68. The summed E-state index contributed by atoms with van der Waals surface area (Å²) in [4.78, 5) is 18.8. The standard InChI is InChI=1S/C25H23ClN4O2S/c1-32-23-6-3-2-5-21(23)28-12-14-29(15-13-28)25(31)22-17-20(24-7-4-16-33-24)27-30(22)19-10-8-18(26)9-11-19/h2-11,16-17H,12-15H2,1H3. The van der Waals surface area contributed by atoms with E-state index in [9.17, 15) is 4.79 Å². The van der Waals surface area contributed by atoms with Crippen LogP contribution >= 0.6 is 22.9 Å². The molecule has 1 amide bonds. The Morgan fingerprint density at radius 2 is 1.76 bits per heavy atom. The van der Waals surface area contributed by atoms with Gasteiger partial charge >= 0.3 is 0 Å². The predicted octanol–water partition coefficient (Wildman–Crippen LogP) is 5.23. The molecule has 3 heterocycles. The van der Waals surface area contributed by atoms with E-state index in [1.165, 1.54) is 0 Å². The number of hydrogen-bond donors (Lipinski definition) is 0. The molecule has 1 saturated heterocycles. The van der Waals surface area contributed by atoms with Crippen LogP contribution in [0.4, 0.5) is 5.69 Å². The average molecular weight is 479 g/mol. The molecule has 0 saturated carbocycles. The van der Waals surface area contributed by atoms with E-state index in [4.69, 9.17) is 21.4 Å². The lowest BCUT2D eigenvalue weighted by molar-refractivity contribution is 0.0737. The van der Waals surface area contributed by atoms with Crippen LogP contribution in [0.15, 0.2) is 72.1 Å². The minimum Gasteiger partial charge on any atom is -0.495 e. The molecule has 0 N–H and O–H groups in total. The number of thiophene rings is 1. The quantitative estimate of drug-likeness (QED) is 0.394. The van der Waals surface area contributed by atoms with Crippen molar-refractivity contribution in [3.8, 4) is 22.0 Å². The van der Waals surface area contributed by atoms with Crippen molar-refractivity contribution in [1.29, 1.82) is 0 Å². The summed E-state index contributed by atoms with van der Waals surface area (Å²) in [6.45, 7) is 2.71. The summed E-state index contributed by atoms with van der Waals surface area (Å²) < 4.78 is 7.23. The molecule has 1 aliphatic rings. The van der Waals surface area contributed by atoms with E-state index in [0.29, 0.717) is 23.8 Å². The first kappa shape index (κ1) is 21.6. The maximum atomic E-state index is 13.6. The lowest BCUT2D eigenvalue weighted by Gasteiger charge is -2.36. The van der Waals surface area contributed by atoms with Crippen molar-refractivity contribution < 1.29 is 9.53 Å². The molecule has 6 nitrogen and oxygen atoms in total. The maximum Gasteiger partial charge on any atom is 0.272 e. The number of para-hydroxylation sites is 2. The van der Waals surface area contributed by atoms with E-state index in [2.05, 4.69) is 11.0 Å². The number of rotatable bonds is 5. The zero-order valence-corrected chi connectivity index (χ0v) is 19.7. The van der Waals surface area contributed by atoms with Gasteiger partial charge < -0.3 is 14.5 Å². The maximum absolute atomic E-state index is 13.6. The van der Waals surface area contributed by atoms with Crippen LogP contribution in [0.2, 0.25) is 5.02 Å². The molecule has 0 atom stereocenters. The second-order valence-corrected chi connectivity index (χ2v) is 9.12. The SMILES string of the molecule is COc1ccccc1N1CCN(C(=O)c2cc(-c3cccs3)nn2-c2ccc(Cl)cc2)CC1. The lowest BCUT2D eigenvalue weighted by atomic mass is 10.2. The second kappa shape index (κ2) is 9.29. The number of benzene rings is 2. The van der Waals surface area contributed by atoms with Crippen molar-refractivity contribution in [1.82, 2.24) is 14.7 Å². The number of ether oxygens (including phenoxy) is 1. The van der Waals surface area contributed by atoms with E-state index in [0.717, 1.165) is 40.8 Å². The summed E-state index contributed by atoms with van der Waals surface area (Å²) in [5.74, 6) is 0.818. The third kappa shape index (κ3) is 4.34. The van der Waals surface area contributed by atoms with Crippen molar-refractivity contribution in [3.63, 3.8) is 0 Å². The molecule has 1 fully saturated rings. The Bertz CT molecular complexity index is 1250. The second-order valence-electron chi connectivity index (χ2n) is 7.73. The number of amides is 1. The molecule has 168 valence electrons. The molecule has 0 spiro atoms. The minimum absolute atomic E-state index is 0.0278. The van der Waals surface area contributed by atoms with Gasteiger partial charge in [-0.15, -0.1) is 11.3 Å². The smallest absolute Gasteiger partial charge is 0.272 e. The normalized spacial score (nSPS) is 13.9. The molecule has 2 aromatic heterocycles. The summed E-state index contributed by atoms with van der Waals surface area (Å²) in [7, 11) is 1.68. The molecule has 0 bridgehead atoms. The van der Waals surface area contributed by atoms with E-state index in [-0.39, 0.29) is 5.91 Å². The van der Waals surface area contributed by atoms with Gasteiger partial charge in [0.15, 0.2) is 0 Å². The van der Waals surface area contributed by atoms with Gasteiger partial charge in [-0.3, -0.25) is 4.79 Å². The number of halogens is 1. The highest BCUT2D eigenvalue weighted by Gasteiger charge is 2.27. The Labute approximate surface area is 201 Å². The largest absolute Gasteiger partial charge is 0.495 e. The Balaban J connectivity index is 1.41. The van der Waals surface area contributed by atoms with Crippen molar-refractivity contribution in [2.75, 3.05) is 38.2 Å². The fourth-order valence-electron chi connectivity index (χ4n) is 4.06. The van der Waals surface area contributed by atoms with E-state index in [1.807, 2.05) is 70.9 Å². The topological polar surface area (TPSA) is 50.6 Å². The highest BCUT2D eigenvalue weighted by molar-refractivity contribution is 7.13. The first-order valence-corrected chi connectivity index (χ1v) is 12.0. The van der Waals surface area contributed by atoms with Crippen molar-refractivity contribution in [2.24, 2.45) is 0 Å². The minimum atomic E-state index is -0.0278. The van der Waals surface area contributed by atoms with Gasteiger partial charge in [-0.2, -0.15) is 5.10 Å². The first-order chi connectivity index (χ1) is 16.1. The number of nitrogens with zero attached hydrogens (tertiary/aromatic N) is 4. The summed E-state index contributed by atoms with van der Waals surface area (Å²) in [5.41, 5.74) is 3.19. The molecule has 33 heavy (non-hydrogen) atoms. The van der Waals surface area contributed by atoms with Crippen LogP contribution < -0.4 is 9.64 Å². The zero-order chi connectivity index (χ0) is 22.8. The molecule has 0 aliphatic carbocycles. The molecule has 5 rings (SSSR count). The van der Waals surface area contributed by atoms with Crippen molar-refractivity contribution in [2.45, 2.75) is 0 Å². The Morgan fingerprint density at radius 1 is 1.00 bits per heavy atom. The van der Waals surface area contributed by atoms with Crippen LogP contribution in [0.1, 0.15) is 10.5 Å². The zero-order valence-electron chi connectivity index (χ0n) is 18.1. The molecule has 1 aliphatic heterocycles. The lowest BCUT2D eigenvalue weighted by Crippen LogP contribution is -2.49. The van der Waals surface area contributed by atoms with Crippen LogP contribution in [-0.2, 0) is 0 Å². The summed E-state index contributed by atoms with van der Waals surface area (Å²) in [5, 5.41) is 7.42. The van der Waals surface area contributed by atoms with Crippen molar-refractivity contribution >= 4 is 34.5 Å². The van der Waals surface area contributed by atoms with Gasteiger partial charge in [0.2, 0.25) is 0 Å². The highest BCUT2D eigenvalue weighted by atomic mass is 35.5. The van der Waals surface area contributed by atoms with E-state index >= 15 is 0 Å². The number of methoxy groups -OCH3 is 1. The number of carbonyl (C=O) groups is 1. The number of carbonyl (C=O) groups excluding carboxylic acids is 1.